The molecular weight excluding hydrogens is 705 g/mol. The van der Waals surface area contributed by atoms with Gasteiger partial charge < -0.3 is 23.8 Å². The fourth-order valence-electron chi connectivity index (χ4n) is 5.86. The van der Waals surface area contributed by atoms with Gasteiger partial charge in [-0.1, -0.05) is 29.3 Å². The molecule has 16 heteroatoms. The van der Waals surface area contributed by atoms with E-state index in [4.69, 9.17) is 42.1 Å². The summed E-state index contributed by atoms with van der Waals surface area (Å²) in [6.45, 7) is -0.253. The van der Waals surface area contributed by atoms with Gasteiger partial charge in [0.15, 0.2) is 11.5 Å². The summed E-state index contributed by atoms with van der Waals surface area (Å²) in [6.07, 6.45) is 6.37. The Labute approximate surface area is 293 Å². The fourth-order valence-corrected chi connectivity index (χ4v) is 7.97. The smallest absolute Gasteiger partial charge is 0.387 e. The number of sulfonamides is 1. The molecule has 4 heterocycles. The van der Waals surface area contributed by atoms with Crippen LogP contribution in [0, 0.1) is 5.92 Å². The highest BCUT2D eigenvalue weighted by Gasteiger charge is 2.40. The molecule has 2 aliphatic heterocycles. The van der Waals surface area contributed by atoms with Gasteiger partial charge in [-0.05, 0) is 73.4 Å². The summed E-state index contributed by atoms with van der Waals surface area (Å²) in [5.41, 5.74) is 0.821. The molecule has 2 atom stereocenters. The highest BCUT2D eigenvalue weighted by Crippen LogP contribution is 2.38. The van der Waals surface area contributed by atoms with E-state index in [0.29, 0.717) is 68.6 Å². The van der Waals surface area contributed by atoms with Crippen molar-refractivity contribution in [3.63, 3.8) is 0 Å². The number of rotatable bonds is 13. The molecular formula is C33H36Cl2F2N4O7S. The number of hydrogen-bond donors (Lipinski definition) is 0. The quantitative estimate of drug-likeness (QED) is 0.191. The predicted octanol–water partition coefficient (Wildman–Crippen LogP) is 6.08. The molecule has 2 aromatic heterocycles. The average molecular weight is 742 g/mol. The first-order valence-electron chi connectivity index (χ1n) is 16.1. The second-order valence-corrected chi connectivity index (χ2v) is 14.8. The molecule has 3 aromatic rings. The molecule has 1 aliphatic carbocycles. The van der Waals surface area contributed by atoms with E-state index in [0.717, 1.165) is 17.1 Å². The SMILES string of the molecule is O=C(O[C@@H](Cc1c(Cl)cncc1Cl)c1ccc(OC(F)F)c(OCC2CC2)c1)[C@@H]1CCCCN1S(=O)(=O)c1ccc(N2CCOCC2)nc1. The molecule has 0 bridgehead atoms. The number of carbonyl (C=O) groups excluding carboxylic acids is 1. The third kappa shape index (κ3) is 8.72. The Morgan fingerprint density at radius 2 is 1.73 bits per heavy atom. The molecule has 0 amide bonds. The van der Waals surface area contributed by atoms with E-state index < -0.39 is 34.7 Å². The minimum absolute atomic E-state index is 0.0184. The molecule has 0 N–H and O–H groups in total. The van der Waals surface area contributed by atoms with Gasteiger partial charge in [0.05, 0.1) is 29.9 Å². The fraction of sp³-hybridized carbons (Fsp3) is 0.485. The van der Waals surface area contributed by atoms with Crippen LogP contribution in [0.1, 0.15) is 49.3 Å². The van der Waals surface area contributed by atoms with E-state index in [1.807, 2.05) is 4.90 Å². The monoisotopic (exact) mass is 740 g/mol. The number of piperidine rings is 1. The lowest BCUT2D eigenvalue weighted by molar-refractivity contribution is -0.155. The predicted molar refractivity (Wildman–Crippen MR) is 177 cm³/mol. The van der Waals surface area contributed by atoms with E-state index in [-0.39, 0.29) is 45.8 Å². The van der Waals surface area contributed by atoms with Crippen LogP contribution in [0.2, 0.25) is 10.0 Å². The van der Waals surface area contributed by atoms with Crippen LogP contribution in [-0.2, 0) is 30.7 Å². The normalized spacial score (nSPS) is 19.4. The van der Waals surface area contributed by atoms with Crippen molar-refractivity contribution in [3.05, 3.63) is 70.1 Å². The number of pyridine rings is 2. The maximum Gasteiger partial charge on any atom is 0.387 e. The zero-order valence-corrected chi connectivity index (χ0v) is 28.8. The van der Waals surface area contributed by atoms with Crippen molar-refractivity contribution in [2.75, 3.05) is 44.4 Å². The van der Waals surface area contributed by atoms with Crippen LogP contribution in [0.3, 0.4) is 0 Å². The minimum atomic E-state index is -4.14. The molecule has 1 saturated carbocycles. The summed E-state index contributed by atoms with van der Waals surface area (Å²) in [4.78, 5) is 24.4. The molecule has 2 saturated heterocycles. The number of hydrogen-bond acceptors (Lipinski definition) is 10. The number of anilines is 1. The number of esters is 1. The Morgan fingerprint density at radius 3 is 2.41 bits per heavy atom. The molecule has 0 radical (unpaired) electrons. The van der Waals surface area contributed by atoms with Crippen LogP contribution >= 0.6 is 23.2 Å². The summed E-state index contributed by atoms with van der Waals surface area (Å²) in [5, 5.41) is 0.456. The minimum Gasteiger partial charge on any atom is -0.489 e. The first-order chi connectivity index (χ1) is 23.6. The van der Waals surface area contributed by atoms with Crippen molar-refractivity contribution in [2.45, 2.75) is 62.2 Å². The average Bonchev–Trinajstić information content (AvgIpc) is 3.94. The first kappa shape index (κ1) is 35.5. The molecule has 0 unspecified atom stereocenters. The molecule has 6 rings (SSSR count). The third-order valence-corrected chi connectivity index (χ3v) is 11.3. The van der Waals surface area contributed by atoms with Gasteiger partial charge in [0, 0.05) is 44.6 Å². The van der Waals surface area contributed by atoms with Gasteiger partial charge in [-0.15, -0.1) is 0 Å². The van der Waals surface area contributed by atoms with Crippen molar-refractivity contribution in [1.82, 2.24) is 14.3 Å². The molecule has 1 aromatic carbocycles. The van der Waals surface area contributed by atoms with E-state index in [2.05, 4.69) is 9.97 Å². The molecule has 0 spiro atoms. The van der Waals surface area contributed by atoms with Gasteiger partial charge in [0.1, 0.15) is 22.9 Å². The van der Waals surface area contributed by atoms with Crippen molar-refractivity contribution >= 4 is 45.0 Å². The van der Waals surface area contributed by atoms with E-state index in [1.54, 1.807) is 6.07 Å². The Hall–Kier alpha value is -3.30. The Balaban J connectivity index is 1.28. The van der Waals surface area contributed by atoms with Crippen LogP contribution in [0.5, 0.6) is 11.5 Å². The Bertz CT molecular complexity index is 1710. The van der Waals surface area contributed by atoms with Gasteiger partial charge in [-0.3, -0.25) is 9.78 Å². The number of nitrogens with zero attached hydrogens (tertiary/aromatic N) is 4. The van der Waals surface area contributed by atoms with E-state index in [1.165, 1.54) is 42.9 Å². The molecule has 3 fully saturated rings. The molecule has 11 nitrogen and oxygen atoms in total. The number of benzene rings is 1. The second-order valence-electron chi connectivity index (χ2n) is 12.1. The van der Waals surface area contributed by atoms with Gasteiger partial charge >= 0.3 is 12.6 Å². The Kier molecular flexibility index (Phi) is 11.4. The first-order valence-corrected chi connectivity index (χ1v) is 18.3. The zero-order chi connectivity index (χ0) is 34.5. The van der Waals surface area contributed by atoms with Gasteiger partial charge in [-0.2, -0.15) is 13.1 Å². The summed E-state index contributed by atoms with van der Waals surface area (Å²) in [7, 11) is -4.14. The standard InChI is InChI=1S/C33H36Cl2F2N4O7S/c34-25-18-38-19-26(35)24(25)16-29(22-6-8-28(48-33(36)37)30(15-22)46-20-21-4-5-21)47-32(42)27-3-1-2-10-41(27)49(43,44)23-7-9-31(39-17-23)40-11-13-45-14-12-40/h6-9,15,17-19,21,27,29,33H,1-5,10-14,16,20H2/t27-,29-/m0/s1. The highest BCUT2D eigenvalue weighted by molar-refractivity contribution is 7.89. The van der Waals surface area contributed by atoms with Crippen molar-refractivity contribution in [2.24, 2.45) is 5.92 Å². The lowest BCUT2D eigenvalue weighted by atomic mass is 10.0. The van der Waals surface area contributed by atoms with Crippen LogP contribution in [0.15, 0.2) is 53.8 Å². The lowest BCUT2D eigenvalue weighted by Crippen LogP contribution is -2.48. The van der Waals surface area contributed by atoms with Crippen LogP contribution in [0.25, 0.3) is 0 Å². The number of aromatic nitrogens is 2. The van der Waals surface area contributed by atoms with Gasteiger partial charge in [-0.25, -0.2) is 13.4 Å². The van der Waals surface area contributed by atoms with Crippen molar-refractivity contribution in [3.8, 4) is 11.5 Å². The second kappa shape index (κ2) is 15.7. The number of alkyl halides is 2. The number of ether oxygens (including phenoxy) is 4. The molecule has 49 heavy (non-hydrogen) atoms. The van der Waals surface area contributed by atoms with Crippen molar-refractivity contribution < 1.29 is 40.9 Å². The topological polar surface area (TPSA) is 120 Å². The van der Waals surface area contributed by atoms with Crippen molar-refractivity contribution in [1.29, 1.82) is 0 Å². The number of halogens is 4. The highest BCUT2D eigenvalue weighted by atomic mass is 35.5. The maximum atomic E-state index is 14.0. The Morgan fingerprint density at radius 1 is 0.980 bits per heavy atom. The molecule has 264 valence electrons. The zero-order valence-electron chi connectivity index (χ0n) is 26.5. The summed E-state index contributed by atoms with van der Waals surface area (Å²) >= 11 is 12.9. The maximum absolute atomic E-state index is 14.0. The largest absolute Gasteiger partial charge is 0.489 e. The van der Waals surface area contributed by atoms with Crippen LogP contribution in [0.4, 0.5) is 14.6 Å². The van der Waals surface area contributed by atoms with Crippen LogP contribution in [-0.4, -0.2) is 80.8 Å². The van der Waals surface area contributed by atoms with Crippen LogP contribution < -0.4 is 14.4 Å². The lowest BCUT2D eigenvalue weighted by Gasteiger charge is -2.34. The summed E-state index contributed by atoms with van der Waals surface area (Å²) < 4.78 is 77.6. The van der Waals surface area contributed by atoms with E-state index in [9.17, 15) is 22.0 Å². The molecule has 3 aliphatic rings. The third-order valence-electron chi connectivity index (χ3n) is 8.72. The summed E-state index contributed by atoms with van der Waals surface area (Å²) in [6, 6.07) is 6.31. The summed E-state index contributed by atoms with van der Waals surface area (Å²) in [5.74, 6) is 0.0744. The van der Waals surface area contributed by atoms with E-state index >= 15 is 0 Å². The number of morpholine rings is 1. The van der Waals surface area contributed by atoms with Gasteiger partial charge in [0.25, 0.3) is 0 Å². The van der Waals surface area contributed by atoms with Gasteiger partial charge in [0.2, 0.25) is 10.0 Å². The number of carbonyl (C=O) groups is 1.